The summed E-state index contributed by atoms with van der Waals surface area (Å²) < 4.78 is 0. The summed E-state index contributed by atoms with van der Waals surface area (Å²) in [7, 11) is 0. The molecule has 0 fully saturated rings. The average molecular weight is 288 g/mol. The van der Waals surface area contributed by atoms with Gasteiger partial charge < -0.3 is 4.90 Å². The Morgan fingerprint density at radius 2 is 2.15 bits per heavy atom. The van der Waals surface area contributed by atoms with Gasteiger partial charge >= 0.3 is 0 Å². The molecule has 1 aromatic carbocycles. The topological polar surface area (TPSA) is 46.1 Å². The van der Waals surface area contributed by atoms with Crippen molar-refractivity contribution in [3.8, 4) is 0 Å². The van der Waals surface area contributed by atoms with E-state index in [2.05, 4.69) is 33.9 Å². The highest BCUT2D eigenvalue weighted by atomic mass is 35.5. The number of carbonyl (C=O) groups is 1. The van der Waals surface area contributed by atoms with Crippen LogP contribution in [0.15, 0.2) is 30.6 Å². The van der Waals surface area contributed by atoms with Gasteiger partial charge in [0.2, 0.25) is 0 Å². The first-order chi connectivity index (χ1) is 9.72. The van der Waals surface area contributed by atoms with Crippen LogP contribution in [0.2, 0.25) is 5.15 Å². The molecule has 4 nitrogen and oxygen atoms in total. The van der Waals surface area contributed by atoms with Gasteiger partial charge in [-0.1, -0.05) is 29.8 Å². The van der Waals surface area contributed by atoms with Crippen molar-refractivity contribution >= 4 is 29.4 Å². The van der Waals surface area contributed by atoms with Crippen molar-refractivity contribution in [1.29, 1.82) is 0 Å². The highest BCUT2D eigenvalue weighted by Crippen LogP contribution is 2.37. The number of nitrogens with zero attached hydrogens (tertiary/aromatic N) is 3. The van der Waals surface area contributed by atoms with Crippen molar-refractivity contribution in [2.75, 3.05) is 4.90 Å². The zero-order chi connectivity index (χ0) is 14.1. The Labute approximate surface area is 122 Å². The molecule has 1 aliphatic heterocycles. The van der Waals surface area contributed by atoms with E-state index in [1.54, 1.807) is 0 Å². The van der Waals surface area contributed by atoms with Crippen molar-refractivity contribution in [2.24, 2.45) is 0 Å². The minimum atomic E-state index is 0.195. The Morgan fingerprint density at radius 3 is 2.95 bits per heavy atom. The molecule has 102 valence electrons. The fourth-order valence-electron chi connectivity index (χ4n) is 2.67. The number of carbonyl (C=O) groups excluding carboxylic acids is 1. The lowest BCUT2D eigenvalue weighted by atomic mass is 9.96. The van der Waals surface area contributed by atoms with E-state index < -0.39 is 0 Å². The van der Waals surface area contributed by atoms with Crippen LogP contribution in [0.5, 0.6) is 0 Å². The monoisotopic (exact) mass is 287 g/mol. The van der Waals surface area contributed by atoms with Gasteiger partial charge in [-0.3, -0.25) is 4.79 Å². The van der Waals surface area contributed by atoms with Crippen molar-refractivity contribution in [3.63, 3.8) is 0 Å². The second-order valence-corrected chi connectivity index (χ2v) is 5.26. The molecule has 2 aromatic rings. The summed E-state index contributed by atoms with van der Waals surface area (Å²) in [4.78, 5) is 21.6. The predicted molar refractivity (Wildman–Crippen MR) is 78.8 cm³/mol. The van der Waals surface area contributed by atoms with E-state index >= 15 is 0 Å². The summed E-state index contributed by atoms with van der Waals surface area (Å²) in [6, 6.07) is 8.44. The largest absolute Gasteiger partial charge is 0.323 e. The molecule has 0 bridgehead atoms. The third kappa shape index (κ3) is 2.06. The molecule has 0 N–H and O–H groups in total. The number of fused-ring (bicyclic) bond motifs is 1. The average Bonchev–Trinajstić information content (AvgIpc) is 2.47. The van der Waals surface area contributed by atoms with E-state index in [1.165, 1.54) is 11.9 Å². The van der Waals surface area contributed by atoms with Crippen LogP contribution < -0.4 is 4.90 Å². The molecule has 1 unspecified atom stereocenters. The lowest BCUT2D eigenvalue weighted by Crippen LogP contribution is -2.34. The fraction of sp³-hybridized carbons (Fsp3) is 0.267. The first kappa shape index (κ1) is 13.1. The summed E-state index contributed by atoms with van der Waals surface area (Å²) in [5, 5.41) is 0.195. The second kappa shape index (κ2) is 5.21. The minimum Gasteiger partial charge on any atom is -0.323 e. The summed E-state index contributed by atoms with van der Waals surface area (Å²) in [6.45, 7) is 2.13. The van der Waals surface area contributed by atoms with E-state index in [-0.39, 0.29) is 11.2 Å². The molecule has 5 heteroatoms. The van der Waals surface area contributed by atoms with E-state index in [0.29, 0.717) is 11.4 Å². The number of aryl methyl sites for hydroxylation is 1. The molecule has 0 saturated carbocycles. The number of rotatable bonds is 2. The number of aldehydes is 1. The number of para-hydroxylation sites is 1. The lowest BCUT2D eigenvalue weighted by Gasteiger charge is -2.36. The fourth-order valence-corrected chi connectivity index (χ4v) is 2.84. The van der Waals surface area contributed by atoms with Crippen LogP contribution in [0.1, 0.15) is 29.3 Å². The Balaban J connectivity index is 2.19. The van der Waals surface area contributed by atoms with Gasteiger partial charge in [0.1, 0.15) is 17.3 Å². The first-order valence-corrected chi connectivity index (χ1v) is 6.93. The molecule has 20 heavy (non-hydrogen) atoms. The molecule has 1 atom stereocenters. The van der Waals surface area contributed by atoms with Gasteiger partial charge in [0, 0.05) is 11.7 Å². The Kier molecular flexibility index (Phi) is 3.40. The van der Waals surface area contributed by atoms with Crippen LogP contribution in [0, 0.1) is 0 Å². The van der Waals surface area contributed by atoms with Crippen molar-refractivity contribution in [1.82, 2.24) is 9.97 Å². The van der Waals surface area contributed by atoms with E-state index in [4.69, 9.17) is 11.6 Å². The molecule has 1 aliphatic rings. The second-order valence-electron chi connectivity index (χ2n) is 4.91. The Bertz CT molecular complexity index is 659. The number of hydrogen-bond acceptors (Lipinski definition) is 4. The SMILES string of the molecule is CC1CCc2ccccc2N1c1ncnc(Cl)c1C=O. The normalized spacial score (nSPS) is 17.7. The molecule has 0 aliphatic carbocycles. The third-order valence-electron chi connectivity index (χ3n) is 3.68. The quantitative estimate of drug-likeness (QED) is 0.627. The van der Waals surface area contributed by atoms with Gasteiger partial charge in [0.05, 0.1) is 5.56 Å². The van der Waals surface area contributed by atoms with E-state index in [9.17, 15) is 4.79 Å². The molecule has 3 rings (SSSR count). The third-order valence-corrected chi connectivity index (χ3v) is 3.98. The van der Waals surface area contributed by atoms with Crippen molar-refractivity contribution in [2.45, 2.75) is 25.8 Å². The summed E-state index contributed by atoms with van der Waals surface area (Å²) in [5.74, 6) is 0.583. The van der Waals surface area contributed by atoms with Crippen LogP contribution in [0.3, 0.4) is 0 Å². The van der Waals surface area contributed by atoms with Crippen LogP contribution in [0.4, 0.5) is 11.5 Å². The summed E-state index contributed by atoms with van der Waals surface area (Å²) in [6.07, 6.45) is 4.16. The minimum absolute atomic E-state index is 0.195. The maximum Gasteiger partial charge on any atom is 0.156 e. The van der Waals surface area contributed by atoms with Crippen molar-refractivity contribution in [3.05, 3.63) is 46.9 Å². The van der Waals surface area contributed by atoms with Crippen LogP contribution in [-0.2, 0) is 6.42 Å². The zero-order valence-electron chi connectivity index (χ0n) is 11.1. The molecule has 1 aromatic heterocycles. The van der Waals surface area contributed by atoms with Gasteiger partial charge in [-0.05, 0) is 31.4 Å². The molecular formula is C15H14ClN3O. The van der Waals surface area contributed by atoms with E-state index in [1.807, 2.05) is 12.1 Å². The number of anilines is 2. The number of hydrogen-bond donors (Lipinski definition) is 0. The van der Waals surface area contributed by atoms with Gasteiger partial charge in [-0.25, -0.2) is 9.97 Å². The highest BCUT2D eigenvalue weighted by Gasteiger charge is 2.27. The molecule has 0 amide bonds. The number of halogens is 1. The zero-order valence-corrected chi connectivity index (χ0v) is 11.8. The maximum atomic E-state index is 11.3. The Hall–Kier alpha value is -1.94. The lowest BCUT2D eigenvalue weighted by molar-refractivity contribution is 0.112. The Morgan fingerprint density at radius 1 is 1.35 bits per heavy atom. The van der Waals surface area contributed by atoms with E-state index in [0.717, 1.165) is 24.8 Å². The molecule has 0 saturated heterocycles. The number of benzene rings is 1. The standard InChI is InChI=1S/C15H14ClN3O/c1-10-6-7-11-4-2-3-5-13(11)19(10)15-12(8-20)14(16)17-9-18-15/h2-5,8-10H,6-7H2,1H3. The smallest absolute Gasteiger partial charge is 0.156 e. The van der Waals surface area contributed by atoms with Gasteiger partial charge in [0.25, 0.3) is 0 Å². The molecule has 0 spiro atoms. The van der Waals surface area contributed by atoms with Gasteiger partial charge in [-0.15, -0.1) is 0 Å². The van der Waals surface area contributed by atoms with Crippen molar-refractivity contribution < 1.29 is 4.79 Å². The van der Waals surface area contributed by atoms with Crippen LogP contribution >= 0.6 is 11.6 Å². The first-order valence-electron chi connectivity index (χ1n) is 6.55. The number of aromatic nitrogens is 2. The predicted octanol–water partition coefficient (Wildman–Crippen LogP) is 3.42. The molecule has 0 radical (unpaired) electrons. The molecular weight excluding hydrogens is 274 g/mol. The highest BCUT2D eigenvalue weighted by molar-refractivity contribution is 6.32. The van der Waals surface area contributed by atoms with Gasteiger partial charge in [0.15, 0.2) is 6.29 Å². The summed E-state index contributed by atoms with van der Waals surface area (Å²) in [5.41, 5.74) is 2.69. The van der Waals surface area contributed by atoms with Crippen LogP contribution in [0.25, 0.3) is 0 Å². The maximum absolute atomic E-state index is 11.3. The van der Waals surface area contributed by atoms with Gasteiger partial charge in [-0.2, -0.15) is 0 Å². The summed E-state index contributed by atoms with van der Waals surface area (Å²) >= 11 is 6.01. The molecule has 2 heterocycles. The van der Waals surface area contributed by atoms with Crippen LogP contribution in [-0.4, -0.2) is 22.3 Å².